The minimum atomic E-state index is -0.0574. The third-order valence-electron chi connectivity index (χ3n) is 3.08. The van der Waals surface area contributed by atoms with Crippen LogP contribution in [0.5, 0.6) is 0 Å². The van der Waals surface area contributed by atoms with E-state index in [1.54, 1.807) is 0 Å². The lowest BCUT2D eigenvalue weighted by molar-refractivity contribution is -0.146. The maximum Gasteiger partial charge on any atom is 0.309 e. The normalized spacial score (nSPS) is 31.6. The maximum atomic E-state index is 11.1. The van der Waals surface area contributed by atoms with Gasteiger partial charge in [-0.3, -0.25) is 4.79 Å². The highest BCUT2D eigenvalue weighted by Crippen LogP contribution is 2.43. The van der Waals surface area contributed by atoms with Gasteiger partial charge in [0.05, 0.1) is 13.0 Å². The second-order valence-corrected chi connectivity index (χ2v) is 3.92. The second-order valence-electron chi connectivity index (χ2n) is 3.92. The van der Waals surface area contributed by atoms with Gasteiger partial charge in [0.15, 0.2) is 0 Å². The summed E-state index contributed by atoms with van der Waals surface area (Å²) in [5.41, 5.74) is 0.435. The van der Waals surface area contributed by atoms with Crippen molar-refractivity contribution in [2.75, 3.05) is 13.7 Å². The Morgan fingerprint density at radius 3 is 2.67 bits per heavy atom. The Labute approximate surface area is 72.5 Å². The van der Waals surface area contributed by atoms with E-state index in [2.05, 4.69) is 5.32 Å². The van der Waals surface area contributed by atoms with Gasteiger partial charge < -0.3 is 10.1 Å². The molecular weight excluding hydrogens is 154 g/mol. The van der Waals surface area contributed by atoms with Crippen molar-refractivity contribution in [2.45, 2.75) is 31.2 Å². The summed E-state index contributed by atoms with van der Waals surface area (Å²) < 4.78 is 4.70. The predicted octanol–water partition coefficient (Wildman–Crippen LogP) is 0.692. The molecule has 0 unspecified atom stereocenters. The van der Waals surface area contributed by atoms with Crippen molar-refractivity contribution in [3.63, 3.8) is 0 Å². The van der Waals surface area contributed by atoms with Crippen molar-refractivity contribution in [2.24, 2.45) is 5.92 Å². The van der Waals surface area contributed by atoms with Crippen LogP contribution in [0, 0.1) is 5.92 Å². The molecule has 1 atom stereocenters. The lowest BCUT2D eigenvalue weighted by atomic mass is 9.93. The van der Waals surface area contributed by atoms with Gasteiger partial charge in [0.1, 0.15) is 0 Å². The third-order valence-corrected chi connectivity index (χ3v) is 3.08. The molecule has 1 saturated heterocycles. The van der Waals surface area contributed by atoms with Gasteiger partial charge >= 0.3 is 5.97 Å². The molecule has 68 valence electrons. The van der Waals surface area contributed by atoms with Crippen molar-refractivity contribution in [3.8, 4) is 0 Å². The van der Waals surface area contributed by atoms with Crippen molar-refractivity contribution in [1.29, 1.82) is 0 Å². The largest absolute Gasteiger partial charge is 0.469 e. The van der Waals surface area contributed by atoms with Crippen LogP contribution in [-0.4, -0.2) is 25.2 Å². The zero-order valence-corrected chi connectivity index (χ0v) is 7.43. The van der Waals surface area contributed by atoms with Crippen LogP contribution in [0.25, 0.3) is 0 Å². The van der Waals surface area contributed by atoms with Crippen LogP contribution in [0.3, 0.4) is 0 Å². The second kappa shape index (κ2) is 2.73. The van der Waals surface area contributed by atoms with E-state index in [1.807, 2.05) is 0 Å². The Kier molecular flexibility index (Phi) is 1.83. The molecule has 0 aromatic heterocycles. The summed E-state index contributed by atoms with van der Waals surface area (Å²) in [5.74, 6) is 0.0409. The Balaban J connectivity index is 1.85. The molecule has 1 aliphatic carbocycles. The molecule has 0 amide bonds. The molecule has 12 heavy (non-hydrogen) atoms. The highest BCUT2D eigenvalue weighted by Gasteiger charge is 2.45. The van der Waals surface area contributed by atoms with Crippen LogP contribution in [-0.2, 0) is 9.53 Å². The van der Waals surface area contributed by atoms with Gasteiger partial charge in [-0.1, -0.05) is 0 Å². The van der Waals surface area contributed by atoms with Gasteiger partial charge in [-0.2, -0.15) is 0 Å². The molecule has 1 N–H and O–H groups in total. The molecule has 2 fully saturated rings. The first kappa shape index (κ1) is 8.05. The minimum absolute atomic E-state index is 0.0574. The molecule has 3 nitrogen and oxygen atoms in total. The van der Waals surface area contributed by atoms with Gasteiger partial charge in [-0.05, 0) is 25.7 Å². The predicted molar refractivity (Wildman–Crippen MR) is 44.7 cm³/mol. The number of hydrogen-bond donors (Lipinski definition) is 1. The van der Waals surface area contributed by atoms with Crippen LogP contribution in [0.2, 0.25) is 0 Å². The molecule has 2 aliphatic rings. The first-order chi connectivity index (χ1) is 5.76. The van der Waals surface area contributed by atoms with E-state index in [4.69, 9.17) is 4.74 Å². The lowest BCUT2D eigenvalue weighted by Crippen LogP contribution is -2.43. The van der Waals surface area contributed by atoms with Gasteiger partial charge in [-0.25, -0.2) is 0 Å². The van der Waals surface area contributed by atoms with E-state index >= 15 is 0 Å². The SMILES string of the molecule is COC(=O)[C@@H]1CCC2(CC2)NC1. The highest BCUT2D eigenvalue weighted by molar-refractivity contribution is 5.72. The number of esters is 1. The van der Waals surface area contributed by atoms with Crippen LogP contribution in [0.15, 0.2) is 0 Å². The molecule has 0 aromatic carbocycles. The summed E-state index contributed by atoms with van der Waals surface area (Å²) in [6.45, 7) is 0.812. The number of nitrogens with one attached hydrogen (secondary N) is 1. The number of hydrogen-bond acceptors (Lipinski definition) is 3. The summed E-state index contributed by atoms with van der Waals surface area (Å²) in [6, 6.07) is 0. The number of methoxy groups -OCH3 is 1. The number of carbonyl (C=O) groups is 1. The van der Waals surface area contributed by atoms with E-state index < -0.39 is 0 Å². The zero-order chi connectivity index (χ0) is 8.60. The van der Waals surface area contributed by atoms with Crippen molar-refractivity contribution in [3.05, 3.63) is 0 Å². The first-order valence-electron chi connectivity index (χ1n) is 4.59. The number of carbonyl (C=O) groups excluding carboxylic acids is 1. The summed E-state index contributed by atoms with van der Waals surface area (Å²) in [7, 11) is 1.46. The number of piperidine rings is 1. The van der Waals surface area contributed by atoms with Crippen LogP contribution in [0.4, 0.5) is 0 Å². The van der Waals surface area contributed by atoms with Crippen LogP contribution < -0.4 is 5.32 Å². The minimum Gasteiger partial charge on any atom is -0.469 e. The quantitative estimate of drug-likeness (QED) is 0.587. The van der Waals surface area contributed by atoms with E-state index in [1.165, 1.54) is 20.0 Å². The molecule has 1 spiro atoms. The summed E-state index contributed by atoms with van der Waals surface area (Å²) in [5, 5.41) is 3.43. The molecule has 3 heteroatoms. The van der Waals surface area contributed by atoms with Crippen LogP contribution in [0.1, 0.15) is 25.7 Å². The van der Waals surface area contributed by atoms with E-state index in [9.17, 15) is 4.79 Å². The molecule has 1 saturated carbocycles. The number of rotatable bonds is 1. The van der Waals surface area contributed by atoms with Crippen molar-refractivity contribution < 1.29 is 9.53 Å². The fraction of sp³-hybridized carbons (Fsp3) is 0.889. The smallest absolute Gasteiger partial charge is 0.309 e. The molecule has 1 heterocycles. The zero-order valence-electron chi connectivity index (χ0n) is 7.43. The fourth-order valence-electron chi connectivity index (χ4n) is 1.93. The Morgan fingerprint density at radius 1 is 1.50 bits per heavy atom. The van der Waals surface area contributed by atoms with Gasteiger partial charge in [-0.15, -0.1) is 0 Å². The maximum absolute atomic E-state index is 11.1. The first-order valence-corrected chi connectivity index (χ1v) is 4.59. The average Bonchev–Trinajstić information content (AvgIpc) is 2.85. The van der Waals surface area contributed by atoms with Gasteiger partial charge in [0, 0.05) is 12.1 Å². The van der Waals surface area contributed by atoms with Crippen molar-refractivity contribution in [1.82, 2.24) is 5.32 Å². The topological polar surface area (TPSA) is 38.3 Å². The summed E-state index contributed by atoms with van der Waals surface area (Å²) >= 11 is 0. The standard InChI is InChI=1S/C9H15NO2/c1-12-8(11)7-2-3-9(4-5-9)10-6-7/h7,10H,2-6H2,1H3/t7-/m1/s1. The van der Waals surface area contributed by atoms with Crippen LogP contribution >= 0.6 is 0 Å². The molecule has 2 rings (SSSR count). The molecule has 0 aromatic rings. The highest BCUT2D eigenvalue weighted by atomic mass is 16.5. The number of ether oxygens (including phenoxy) is 1. The van der Waals surface area contributed by atoms with Crippen molar-refractivity contribution >= 4 is 5.97 Å². The monoisotopic (exact) mass is 169 g/mol. The Bertz CT molecular complexity index is 189. The van der Waals surface area contributed by atoms with Gasteiger partial charge in [0.2, 0.25) is 0 Å². The van der Waals surface area contributed by atoms with E-state index in [-0.39, 0.29) is 11.9 Å². The summed E-state index contributed by atoms with van der Waals surface area (Å²) in [6.07, 6.45) is 4.73. The van der Waals surface area contributed by atoms with E-state index in [0.29, 0.717) is 5.54 Å². The molecule has 0 radical (unpaired) electrons. The third kappa shape index (κ3) is 1.33. The summed E-state index contributed by atoms with van der Waals surface area (Å²) in [4.78, 5) is 11.1. The molecule has 1 aliphatic heterocycles. The molecular formula is C9H15NO2. The Morgan fingerprint density at radius 2 is 2.25 bits per heavy atom. The van der Waals surface area contributed by atoms with E-state index in [0.717, 1.165) is 19.4 Å². The molecule has 0 bridgehead atoms. The Hall–Kier alpha value is -0.570. The fourth-order valence-corrected chi connectivity index (χ4v) is 1.93. The average molecular weight is 169 g/mol. The lowest BCUT2D eigenvalue weighted by Gasteiger charge is -2.28. The van der Waals surface area contributed by atoms with Gasteiger partial charge in [0.25, 0.3) is 0 Å².